The molecular formula is C11H25N3O2. The molecule has 0 rings (SSSR count). The SMILES string of the molecule is CCNC(=O)CC(CN)NCCCCCO. The molecule has 0 aromatic heterocycles. The van der Waals surface area contributed by atoms with Crippen molar-refractivity contribution in [1.29, 1.82) is 0 Å². The molecule has 5 nitrogen and oxygen atoms in total. The van der Waals surface area contributed by atoms with Crippen LogP contribution in [-0.2, 0) is 4.79 Å². The van der Waals surface area contributed by atoms with Crippen molar-refractivity contribution in [3.63, 3.8) is 0 Å². The third-order valence-electron chi connectivity index (χ3n) is 2.36. The first-order valence-corrected chi connectivity index (χ1v) is 6.05. The average Bonchev–Trinajstić information content (AvgIpc) is 2.27. The number of carbonyl (C=O) groups is 1. The van der Waals surface area contributed by atoms with Crippen molar-refractivity contribution in [3.8, 4) is 0 Å². The summed E-state index contributed by atoms with van der Waals surface area (Å²) in [5.74, 6) is 0.0424. The van der Waals surface area contributed by atoms with Gasteiger partial charge in [-0.15, -0.1) is 0 Å². The van der Waals surface area contributed by atoms with Crippen LogP contribution in [0, 0.1) is 0 Å². The Morgan fingerprint density at radius 3 is 2.69 bits per heavy atom. The van der Waals surface area contributed by atoms with E-state index in [2.05, 4.69) is 10.6 Å². The van der Waals surface area contributed by atoms with Gasteiger partial charge in [0.05, 0.1) is 0 Å². The van der Waals surface area contributed by atoms with Gasteiger partial charge >= 0.3 is 0 Å². The summed E-state index contributed by atoms with van der Waals surface area (Å²) >= 11 is 0. The summed E-state index contributed by atoms with van der Waals surface area (Å²) < 4.78 is 0. The zero-order chi connectivity index (χ0) is 12.2. The summed E-state index contributed by atoms with van der Waals surface area (Å²) in [5, 5.41) is 14.6. The van der Waals surface area contributed by atoms with Crippen molar-refractivity contribution in [2.24, 2.45) is 5.73 Å². The second-order valence-electron chi connectivity index (χ2n) is 3.83. The summed E-state index contributed by atoms with van der Waals surface area (Å²) in [6.07, 6.45) is 3.28. The molecule has 0 aliphatic carbocycles. The van der Waals surface area contributed by atoms with E-state index < -0.39 is 0 Å². The lowest BCUT2D eigenvalue weighted by atomic mass is 10.2. The Balaban J connectivity index is 3.54. The number of aliphatic hydroxyl groups excluding tert-OH is 1. The fourth-order valence-electron chi connectivity index (χ4n) is 1.45. The highest BCUT2D eigenvalue weighted by Gasteiger charge is 2.10. The number of hydrogen-bond acceptors (Lipinski definition) is 4. The van der Waals surface area contributed by atoms with Crippen molar-refractivity contribution >= 4 is 5.91 Å². The van der Waals surface area contributed by atoms with Crippen molar-refractivity contribution < 1.29 is 9.90 Å². The molecule has 0 saturated heterocycles. The van der Waals surface area contributed by atoms with Gasteiger partial charge in [0.1, 0.15) is 0 Å². The van der Waals surface area contributed by atoms with Crippen LogP contribution < -0.4 is 16.4 Å². The number of carbonyl (C=O) groups excluding carboxylic acids is 1. The maximum absolute atomic E-state index is 11.3. The third kappa shape index (κ3) is 8.64. The van der Waals surface area contributed by atoms with Gasteiger partial charge in [-0.3, -0.25) is 4.79 Å². The van der Waals surface area contributed by atoms with Gasteiger partial charge in [-0.2, -0.15) is 0 Å². The van der Waals surface area contributed by atoms with Crippen LogP contribution in [0.25, 0.3) is 0 Å². The minimum absolute atomic E-state index is 0.0424. The maximum atomic E-state index is 11.3. The van der Waals surface area contributed by atoms with Crippen LogP contribution in [-0.4, -0.2) is 43.3 Å². The quantitative estimate of drug-likeness (QED) is 0.385. The van der Waals surface area contributed by atoms with Crippen LogP contribution in [0.5, 0.6) is 0 Å². The number of nitrogens with two attached hydrogens (primary N) is 1. The molecule has 0 bridgehead atoms. The molecule has 0 spiro atoms. The van der Waals surface area contributed by atoms with Crippen LogP contribution in [0.1, 0.15) is 32.6 Å². The highest BCUT2D eigenvalue weighted by molar-refractivity contribution is 5.76. The Kier molecular flexibility index (Phi) is 10.4. The lowest BCUT2D eigenvalue weighted by Gasteiger charge is -2.16. The Bertz CT molecular complexity index is 177. The van der Waals surface area contributed by atoms with Crippen molar-refractivity contribution in [3.05, 3.63) is 0 Å². The molecule has 0 aromatic rings. The third-order valence-corrected chi connectivity index (χ3v) is 2.36. The number of hydrogen-bond donors (Lipinski definition) is 4. The topological polar surface area (TPSA) is 87.4 Å². The normalized spacial score (nSPS) is 12.4. The first-order valence-electron chi connectivity index (χ1n) is 6.05. The smallest absolute Gasteiger partial charge is 0.221 e. The molecule has 0 aromatic carbocycles. The molecule has 0 fully saturated rings. The van der Waals surface area contributed by atoms with Crippen LogP contribution >= 0.6 is 0 Å². The predicted molar refractivity (Wildman–Crippen MR) is 65.1 cm³/mol. The highest BCUT2D eigenvalue weighted by Crippen LogP contribution is 1.95. The minimum atomic E-state index is 0.0424. The second kappa shape index (κ2) is 10.9. The van der Waals surface area contributed by atoms with Gasteiger partial charge in [-0.1, -0.05) is 0 Å². The number of rotatable bonds is 10. The van der Waals surface area contributed by atoms with E-state index in [1.807, 2.05) is 6.92 Å². The van der Waals surface area contributed by atoms with Gasteiger partial charge in [0, 0.05) is 32.2 Å². The second-order valence-corrected chi connectivity index (χ2v) is 3.83. The van der Waals surface area contributed by atoms with Gasteiger partial charge < -0.3 is 21.5 Å². The molecule has 1 atom stereocenters. The van der Waals surface area contributed by atoms with E-state index in [-0.39, 0.29) is 18.6 Å². The minimum Gasteiger partial charge on any atom is -0.396 e. The number of amides is 1. The molecule has 1 amide bonds. The van der Waals surface area contributed by atoms with E-state index in [4.69, 9.17) is 10.8 Å². The lowest BCUT2D eigenvalue weighted by molar-refractivity contribution is -0.121. The molecule has 0 aliphatic heterocycles. The van der Waals surface area contributed by atoms with Gasteiger partial charge in [0.25, 0.3) is 0 Å². The Hall–Kier alpha value is -0.650. The van der Waals surface area contributed by atoms with Crippen molar-refractivity contribution in [1.82, 2.24) is 10.6 Å². The molecule has 96 valence electrons. The molecule has 0 saturated carbocycles. The van der Waals surface area contributed by atoms with E-state index in [1.165, 1.54) is 0 Å². The first kappa shape index (κ1) is 15.3. The van der Waals surface area contributed by atoms with Crippen LogP contribution in [0.4, 0.5) is 0 Å². The summed E-state index contributed by atoms with van der Waals surface area (Å²) in [5.41, 5.74) is 5.58. The average molecular weight is 231 g/mol. The van der Waals surface area contributed by atoms with Crippen LogP contribution in [0.15, 0.2) is 0 Å². The van der Waals surface area contributed by atoms with E-state index in [9.17, 15) is 4.79 Å². The van der Waals surface area contributed by atoms with Crippen LogP contribution in [0.3, 0.4) is 0 Å². The summed E-state index contributed by atoms with van der Waals surface area (Å²) in [4.78, 5) is 11.3. The fraction of sp³-hybridized carbons (Fsp3) is 0.909. The van der Waals surface area contributed by atoms with Gasteiger partial charge in [-0.05, 0) is 32.7 Å². The van der Waals surface area contributed by atoms with Gasteiger partial charge in [0.2, 0.25) is 5.91 Å². The van der Waals surface area contributed by atoms with E-state index in [0.29, 0.717) is 19.5 Å². The van der Waals surface area contributed by atoms with E-state index in [0.717, 1.165) is 25.8 Å². The zero-order valence-corrected chi connectivity index (χ0v) is 10.2. The lowest BCUT2D eigenvalue weighted by Crippen LogP contribution is -2.41. The monoisotopic (exact) mass is 231 g/mol. The standard InChI is InChI=1S/C11H25N3O2/c1-2-13-11(16)8-10(9-12)14-6-4-3-5-7-15/h10,14-15H,2-9,12H2,1H3,(H,13,16). The van der Waals surface area contributed by atoms with Crippen molar-refractivity contribution in [2.75, 3.05) is 26.2 Å². The van der Waals surface area contributed by atoms with Gasteiger partial charge in [0.15, 0.2) is 0 Å². The molecular weight excluding hydrogens is 206 g/mol. The molecule has 1 unspecified atom stereocenters. The van der Waals surface area contributed by atoms with E-state index >= 15 is 0 Å². The number of unbranched alkanes of at least 4 members (excludes halogenated alkanes) is 2. The summed E-state index contributed by atoms with van der Waals surface area (Å²) in [7, 11) is 0. The summed E-state index contributed by atoms with van der Waals surface area (Å²) in [6, 6.07) is 0.0562. The van der Waals surface area contributed by atoms with Crippen LogP contribution in [0.2, 0.25) is 0 Å². The molecule has 0 aliphatic rings. The molecule has 5 N–H and O–H groups in total. The molecule has 0 radical (unpaired) electrons. The van der Waals surface area contributed by atoms with Crippen molar-refractivity contribution in [2.45, 2.75) is 38.6 Å². The van der Waals surface area contributed by atoms with E-state index in [1.54, 1.807) is 0 Å². The molecule has 5 heteroatoms. The zero-order valence-electron chi connectivity index (χ0n) is 10.2. The molecule has 16 heavy (non-hydrogen) atoms. The fourth-order valence-corrected chi connectivity index (χ4v) is 1.45. The van der Waals surface area contributed by atoms with Gasteiger partial charge in [-0.25, -0.2) is 0 Å². The largest absolute Gasteiger partial charge is 0.396 e. The first-order chi connectivity index (χ1) is 7.74. The molecule has 0 heterocycles. The number of nitrogens with one attached hydrogen (secondary N) is 2. The predicted octanol–water partition coefficient (Wildman–Crippen LogP) is -0.408. The number of aliphatic hydroxyl groups is 1. The maximum Gasteiger partial charge on any atom is 0.221 e. The summed E-state index contributed by atoms with van der Waals surface area (Å²) in [6.45, 7) is 4.13. The highest BCUT2D eigenvalue weighted by atomic mass is 16.2. The Morgan fingerprint density at radius 2 is 2.12 bits per heavy atom. The Morgan fingerprint density at radius 1 is 1.38 bits per heavy atom. The Labute approximate surface area is 97.8 Å².